The van der Waals surface area contributed by atoms with Gasteiger partial charge in [-0.2, -0.15) is 0 Å². The summed E-state index contributed by atoms with van der Waals surface area (Å²) < 4.78 is 1.11. The van der Waals surface area contributed by atoms with Gasteiger partial charge in [-0.25, -0.2) is 0 Å². The van der Waals surface area contributed by atoms with Crippen molar-refractivity contribution in [3.63, 3.8) is 0 Å². The Morgan fingerprint density at radius 1 is 1.14 bits per heavy atom. The Labute approximate surface area is 94.8 Å². The monoisotopic (exact) mass is 255 g/mol. The van der Waals surface area contributed by atoms with Gasteiger partial charge < -0.3 is 5.73 Å². The Kier molecular flexibility index (Phi) is 4.63. The van der Waals surface area contributed by atoms with E-state index in [1.165, 1.54) is 12.0 Å². The molecule has 1 rings (SSSR count). The number of halogens is 1. The van der Waals surface area contributed by atoms with E-state index in [2.05, 4.69) is 41.9 Å². The molecule has 0 spiro atoms. The molecule has 2 heteroatoms. The summed E-state index contributed by atoms with van der Waals surface area (Å²) in [5.41, 5.74) is 7.31. The van der Waals surface area contributed by atoms with Crippen LogP contribution in [0.3, 0.4) is 0 Å². The van der Waals surface area contributed by atoms with Crippen molar-refractivity contribution < 1.29 is 0 Å². The first-order valence-corrected chi connectivity index (χ1v) is 5.90. The van der Waals surface area contributed by atoms with Gasteiger partial charge >= 0.3 is 0 Å². The van der Waals surface area contributed by atoms with Gasteiger partial charge in [0.25, 0.3) is 0 Å². The van der Waals surface area contributed by atoms with E-state index in [1.807, 2.05) is 12.1 Å². The van der Waals surface area contributed by atoms with Crippen LogP contribution in [-0.2, 0) is 0 Å². The molecule has 0 aliphatic carbocycles. The Morgan fingerprint density at radius 2 is 1.71 bits per heavy atom. The van der Waals surface area contributed by atoms with Gasteiger partial charge in [0, 0.05) is 10.5 Å². The third-order valence-corrected chi connectivity index (χ3v) is 2.88. The van der Waals surface area contributed by atoms with E-state index >= 15 is 0 Å². The molecule has 0 radical (unpaired) electrons. The highest BCUT2D eigenvalue weighted by atomic mass is 79.9. The van der Waals surface area contributed by atoms with Crippen LogP contribution in [0.15, 0.2) is 28.7 Å². The smallest absolute Gasteiger partial charge is 0.0294 e. The molecule has 0 saturated carbocycles. The van der Waals surface area contributed by atoms with Crippen LogP contribution < -0.4 is 5.73 Å². The minimum absolute atomic E-state index is 0.186. The summed E-state index contributed by atoms with van der Waals surface area (Å²) in [6.45, 7) is 4.46. The summed E-state index contributed by atoms with van der Waals surface area (Å²) in [5, 5.41) is 0. The fourth-order valence-corrected chi connectivity index (χ4v) is 1.65. The van der Waals surface area contributed by atoms with Crippen molar-refractivity contribution in [3.8, 4) is 0 Å². The second-order valence-corrected chi connectivity index (χ2v) is 5.04. The third-order valence-electron chi connectivity index (χ3n) is 2.35. The Hall–Kier alpha value is -0.340. The molecule has 1 unspecified atom stereocenters. The standard InChI is InChI=1S/C12H18BrN/c1-9(2)3-8-12(14)10-4-6-11(13)7-5-10/h4-7,9,12H,3,8,14H2,1-2H3. The highest BCUT2D eigenvalue weighted by molar-refractivity contribution is 9.10. The maximum Gasteiger partial charge on any atom is 0.0294 e. The molecule has 1 nitrogen and oxygen atoms in total. The van der Waals surface area contributed by atoms with E-state index in [1.54, 1.807) is 0 Å². The summed E-state index contributed by atoms with van der Waals surface area (Å²) in [6, 6.07) is 8.46. The predicted molar refractivity (Wildman–Crippen MR) is 65.1 cm³/mol. The van der Waals surface area contributed by atoms with Crippen LogP contribution in [0.25, 0.3) is 0 Å². The summed E-state index contributed by atoms with van der Waals surface area (Å²) in [4.78, 5) is 0. The van der Waals surface area contributed by atoms with Gasteiger partial charge in [0.15, 0.2) is 0 Å². The Balaban J connectivity index is 2.52. The molecule has 14 heavy (non-hydrogen) atoms. The van der Waals surface area contributed by atoms with E-state index in [-0.39, 0.29) is 6.04 Å². The van der Waals surface area contributed by atoms with Crippen molar-refractivity contribution in [1.82, 2.24) is 0 Å². The fourth-order valence-electron chi connectivity index (χ4n) is 1.39. The van der Waals surface area contributed by atoms with Crippen LogP contribution in [0.2, 0.25) is 0 Å². The van der Waals surface area contributed by atoms with Crippen LogP contribution in [0.4, 0.5) is 0 Å². The van der Waals surface area contributed by atoms with Gasteiger partial charge in [-0.3, -0.25) is 0 Å². The zero-order chi connectivity index (χ0) is 10.6. The molecular formula is C12H18BrN. The average molecular weight is 256 g/mol. The molecule has 0 bridgehead atoms. The lowest BCUT2D eigenvalue weighted by Crippen LogP contribution is -2.10. The average Bonchev–Trinajstić information content (AvgIpc) is 2.15. The van der Waals surface area contributed by atoms with Crippen LogP contribution in [0.5, 0.6) is 0 Å². The number of rotatable bonds is 4. The summed E-state index contributed by atoms with van der Waals surface area (Å²) in [5.74, 6) is 0.733. The van der Waals surface area contributed by atoms with Crippen molar-refractivity contribution in [2.75, 3.05) is 0 Å². The van der Waals surface area contributed by atoms with Crippen molar-refractivity contribution in [3.05, 3.63) is 34.3 Å². The molecule has 0 saturated heterocycles. The van der Waals surface area contributed by atoms with E-state index in [9.17, 15) is 0 Å². The lowest BCUT2D eigenvalue weighted by Gasteiger charge is -2.13. The van der Waals surface area contributed by atoms with E-state index in [0.29, 0.717) is 0 Å². The Bertz CT molecular complexity index is 266. The summed E-state index contributed by atoms with van der Waals surface area (Å²) in [6.07, 6.45) is 2.26. The maximum absolute atomic E-state index is 6.08. The zero-order valence-corrected chi connectivity index (χ0v) is 10.4. The van der Waals surface area contributed by atoms with Gasteiger partial charge in [0.1, 0.15) is 0 Å². The summed E-state index contributed by atoms with van der Waals surface area (Å²) >= 11 is 3.42. The van der Waals surface area contributed by atoms with Gasteiger partial charge in [-0.05, 0) is 36.5 Å². The third kappa shape index (κ3) is 3.81. The molecule has 1 atom stereocenters. The summed E-state index contributed by atoms with van der Waals surface area (Å²) in [7, 11) is 0. The molecule has 0 aliphatic rings. The van der Waals surface area contributed by atoms with Crippen LogP contribution >= 0.6 is 15.9 Å². The number of benzene rings is 1. The fraction of sp³-hybridized carbons (Fsp3) is 0.500. The number of hydrogen-bond donors (Lipinski definition) is 1. The van der Waals surface area contributed by atoms with E-state index < -0.39 is 0 Å². The number of hydrogen-bond acceptors (Lipinski definition) is 1. The second kappa shape index (κ2) is 5.52. The highest BCUT2D eigenvalue weighted by Gasteiger charge is 2.06. The minimum Gasteiger partial charge on any atom is -0.324 e. The van der Waals surface area contributed by atoms with Crippen molar-refractivity contribution in [1.29, 1.82) is 0 Å². The first kappa shape index (κ1) is 11.7. The largest absolute Gasteiger partial charge is 0.324 e. The molecule has 0 aliphatic heterocycles. The van der Waals surface area contributed by atoms with E-state index in [4.69, 9.17) is 5.73 Å². The van der Waals surface area contributed by atoms with Crippen molar-refractivity contribution in [2.45, 2.75) is 32.7 Å². The van der Waals surface area contributed by atoms with Gasteiger partial charge in [0.2, 0.25) is 0 Å². The second-order valence-electron chi connectivity index (χ2n) is 4.13. The van der Waals surface area contributed by atoms with E-state index in [0.717, 1.165) is 16.8 Å². The minimum atomic E-state index is 0.186. The predicted octanol–water partition coefficient (Wildman–Crippen LogP) is 3.89. The van der Waals surface area contributed by atoms with Crippen molar-refractivity contribution >= 4 is 15.9 Å². The lowest BCUT2D eigenvalue weighted by molar-refractivity contribution is 0.507. The molecule has 78 valence electrons. The molecular weight excluding hydrogens is 238 g/mol. The lowest BCUT2D eigenvalue weighted by atomic mass is 9.98. The van der Waals surface area contributed by atoms with Crippen LogP contribution in [0, 0.1) is 5.92 Å². The molecule has 0 amide bonds. The first-order valence-electron chi connectivity index (χ1n) is 5.10. The van der Waals surface area contributed by atoms with Crippen LogP contribution in [-0.4, -0.2) is 0 Å². The number of nitrogens with two attached hydrogens (primary N) is 1. The molecule has 0 aromatic heterocycles. The molecule has 0 fully saturated rings. The van der Waals surface area contributed by atoms with Crippen LogP contribution in [0.1, 0.15) is 38.3 Å². The molecule has 1 aromatic carbocycles. The molecule has 0 heterocycles. The maximum atomic E-state index is 6.08. The van der Waals surface area contributed by atoms with Gasteiger partial charge in [-0.1, -0.05) is 41.9 Å². The highest BCUT2D eigenvalue weighted by Crippen LogP contribution is 2.20. The molecule has 2 N–H and O–H groups in total. The topological polar surface area (TPSA) is 26.0 Å². The van der Waals surface area contributed by atoms with Gasteiger partial charge in [0.05, 0.1) is 0 Å². The quantitative estimate of drug-likeness (QED) is 0.869. The molecule has 1 aromatic rings. The van der Waals surface area contributed by atoms with Gasteiger partial charge in [-0.15, -0.1) is 0 Å². The Morgan fingerprint density at radius 3 is 2.21 bits per heavy atom. The zero-order valence-electron chi connectivity index (χ0n) is 8.83. The van der Waals surface area contributed by atoms with Crippen molar-refractivity contribution in [2.24, 2.45) is 11.7 Å². The first-order chi connectivity index (χ1) is 6.59. The SMILES string of the molecule is CC(C)CCC(N)c1ccc(Br)cc1. The normalized spacial score (nSPS) is 13.2.